The predicted octanol–water partition coefficient (Wildman–Crippen LogP) is 1.91. The van der Waals surface area contributed by atoms with Gasteiger partial charge in [0, 0.05) is 25.6 Å². The van der Waals surface area contributed by atoms with Gasteiger partial charge in [0.15, 0.2) is 0 Å². The molecule has 92 valence electrons. The molecule has 0 heterocycles. The van der Waals surface area contributed by atoms with Gasteiger partial charge < -0.3 is 10.6 Å². The summed E-state index contributed by atoms with van der Waals surface area (Å²) < 4.78 is 0. The molecule has 0 bridgehead atoms. The second-order valence-corrected chi connectivity index (χ2v) is 5.30. The standard InChI is InChI=1S/C13H24N2O/c14-9-10-15(12-6-7-12)13(16)8-5-11-3-1-2-4-11/h11-12H,1-10,14H2. The van der Waals surface area contributed by atoms with E-state index in [1.807, 2.05) is 4.90 Å². The first-order chi connectivity index (χ1) is 7.81. The van der Waals surface area contributed by atoms with Crippen LogP contribution in [0.3, 0.4) is 0 Å². The van der Waals surface area contributed by atoms with E-state index in [0.29, 0.717) is 18.5 Å². The van der Waals surface area contributed by atoms with Gasteiger partial charge in [-0.05, 0) is 25.2 Å². The third-order valence-electron chi connectivity index (χ3n) is 3.92. The summed E-state index contributed by atoms with van der Waals surface area (Å²) in [5.74, 6) is 1.17. The highest BCUT2D eigenvalue weighted by Crippen LogP contribution is 2.30. The quantitative estimate of drug-likeness (QED) is 0.749. The normalized spacial score (nSPS) is 21.3. The molecule has 2 N–H and O–H groups in total. The zero-order chi connectivity index (χ0) is 11.4. The van der Waals surface area contributed by atoms with Crippen molar-refractivity contribution in [2.45, 2.75) is 57.4 Å². The largest absolute Gasteiger partial charge is 0.338 e. The van der Waals surface area contributed by atoms with Gasteiger partial charge in [0.2, 0.25) is 5.91 Å². The number of carbonyl (C=O) groups is 1. The Hall–Kier alpha value is -0.570. The Bertz CT molecular complexity index is 232. The summed E-state index contributed by atoms with van der Waals surface area (Å²) >= 11 is 0. The zero-order valence-electron chi connectivity index (χ0n) is 10.2. The lowest BCUT2D eigenvalue weighted by atomic mass is 10.0. The first-order valence-electron chi connectivity index (χ1n) is 6.81. The molecular weight excluding hydrogens is 200 g/mol. The molecule has 0 atom stereocenters. The van der Waals surface area contributed by atoms with Crippen LogP contribution in [0.4, 0.5) is 0 Å². The van der Waals surface area contributed by atoms with Gasteiger partial charge in [0.05, 0.1) is 0 Å². The van der Waals surface area contributed by atoms with Crippen molar-refractivity contribution in [2.24, 2.45) is 11.7 Å². The third kappa shape index (κ3) is 3.21. The molecule has 3 heteroatoms. The van der Waals surface area contributed by atoms with E-state index < -0.39 is 0 Å². The van der Waals surface area contributed by atoms with Gasteiger partial charge in [-0.3, -0.25) is 4.79 Å². The Morgan fingerprint density at radius 1 is 1.19 bits per heavy atom. The molecule has 0 aromatic heterocycles. The topological polar surface area (TPSA) is 46.3 Å². The Labute approximate surface area is 98.4 Å². The summed E-state index contributed by atoms with van der Waals surface area (Å²) in [5.41, 5.74) is 5.56. The van der Waals surface area contributed by atoms with Crippen LogP contribution in [-0.2, 0) is 4.79 Å². The van der Waals surface area contributed by atoms with Crippen molar-refractivity contribution < 1.29 is 4.79 Å². The minimum Gasteiger partial charge on any atom is -0.338 e. The minimum atomic E-state index is 0.347. The molecule has 16 heavy (non-hydrogen) atoms. The Morgan fingerprint density at radius 3 is 2.44 bits per heavy atom. The van der Waals surface area contributed by atoms with Crippen LogP contribution in [0.15, 0.2) is 0 Å². The molecule has 0 aliphatic heterocycles. The highest BCUT2D eigenvalue weighted by atomic mass is 16.2. The lowest BCUT2D eigenvalue weighted by molar-refractivity contribution is -0.132. The van der Waals surface area contributed by atoms with E-state index in [9.17, 15) is 4.79 Å². The summed E-state index contributed by atoms with van der Waals surface area (Å²) in [5, 5.41) is 0. The van der Waals surface area contributed by atoms with Gasteiger partial charge in [-0.2, -0.15) is 0 Å². The Kier molecular flexibility index (Phi) is 4.22. The van der Waals surface area contributed by atoms with E-state index in [2.05, 4.69) is 0 Å². The Balaban J connectivity index is 1.71. The smallest absolute Gasteiger partial charge is 0.222 e. The van der Waals surface area contributed by atoms with E-state index in [1.165, 1.54) is 38.5 Å². The van der Waals surface area contributed by atoms with Crippen molar-refractivity contribution in [3.05, 3.63) is 0 Å². The van der Waals surface area contributed by atoms with Crippen LogP contribution in [0.5, 0.6) is 0 Å². The number of hydrogen-bond donors (Lipinski definition) is 1. The third-order valence-corrected chi connectivity index (χ3v) is 3.92. The van der Waals surface area contributed by atoms with E-state index in [0.717, 1.165) is 25.3 Å². The van der Waals surface area contributed by atoms with Gasteiger partial charge in [0.25, 0.3) is 0 Å². The number of nitrogens with zero attached hydrogens (tertiary/aromatic N) is 1. The summed E-state index contributed by atoms with van der Waals surface area (Å²) in [4.78, 5) is 14.1. The summed E-state index contributed by atoms with van der Waals surface area (Å²) in [7, 11) is 0. The molecule has 2 rings (SSSR count). The van der Waals surface area contributed by atoms with E-state index in [1.54, 1.807) is 0 Å². The highest BCUT2D eigenvalue weighted by molar-refractivity contribution is 5.76. The molecule has 0 aromatic rings. The average molecular weight is 224 g/mol. The maximum absolute atomic E-state index is 12.0. The number of rotatable bonds is 6. The molecule has 2 aliphatic rings. The fraction of sp³-hybridized carbons (Fsp3) is 0.923. The molecule has 2 aliphatic carbocycles. The van der Waals surface area contributed by atoms with Crippen LogP contribution < -0.4 is 5.73 Å². The molecule has 0 saturated heterocycles. The lowest BCUT2D eigenvalue weighted by Crippen LogP contribution is -2.37. The van der Waals surface area contributed by atoms with Crippen LogP contribution in [0.1, 0.15) is 51.4 Å². The van der Waals surface area contributed by atoms with Gasteiger partial charge in [0.1, 0.15) is 0 Å². The molecule has 2 fully saturated rings. The number of amides is 1. The number of hydrogen-bond acceptors (Lipinski definition) is 2. The van der Waals surface area contributed by atoms with Crippen LogP contribution in [0.2, 0.25) is 0 Å². The first kappa shape index (κ1) is 11.9. The SMILES string of the molecule is NCCN(C(=O)CCC1CCCC1)C1CC1. The molecule has 3 nitrogen and oxygen atoms in total. The van der Waals surface area contributed by atoms with Crippen molar-refractivity contribution in [3.8, 4) is 0 Å². The van der Waals surface area contributed by atoms with Gasteiger partial charge in [-0.15, -0.1) is 0 Å². The summed E-state index contributed by atoms with van der Waals surface area (Å²) in [6.45, 7) is 1.36. The van der Waals surface area contributed by atoms with E-state index in [4.69, 9.17) is 5.73 Å². The molecule has 0 spiro atoms. The predicted molar refractivity (Wildman–Crippen MR) is 65.0 cm³/mol. The van der Waals surface area contributed by atoms with Gasteiger partial charge in [-0.25, -0.2) is 0 Å². The maximum atomic E-state index is 12.0. The van der Waals surface area contributed by atoms with Gasteiger partial charge in [-0.1, -0.05) is 25.7 Å². The minimum absolute atomic E-state index is 0.347. The highest BCUT2D eigenvalue weighted by Gasteiger charge is 2.31. The number of nitrogens with two attached hydrogens (primary N) is 1. The second kappa shape index (κ2) is 5.67. The molecule has 0 aromatic carbocycles. The zero-order valence-corrected chi connectivity index (χ0v) is 10.2. The van der Waals surface area contributed by atoms with Crippen LogP contribution >= 0.6 is 0 Å². The Morgan fingerprint density at radius 2 is 1.88 bits per heavy atom. The summed E-state index contributed by atoms with van der Waals surface area (Å²) in [6, 6.07) is 0.527. The van der Waals surface area contributed by atoms with Crippen LogP contribution in [0.25, 0.3) is 0 Å². The van der Waals surface area contributed by atoms with Crippen LogP contribution in [0, 0.1) is 5.92 Å². The summed E-state index contributed by atoms with van der Waals surface area (Å²) in [6.07, 6.45) is 9.65. The van der Waals surface area contributed by atoms with Crippen molar-refractivity contribution in [3.63, 3.8) is 0 Å². The fourth-order valence-electron chi connectivity index (χ4n) is 2.81. The molecule has 0 unspecified atom stereocenters. The van der Waals surface area contributed by atoms with Crippen molar-refractivity contribution in [1.82, 2.24) is 4.90 Å². The van der Waals surface area contributed by atoms with Gasteiger partial charge >= 0.3 is 0 Å². The van der Waals surface area contributed by atoms with Crippen molar-refractivity contribution in [1.29, 1.82) is 0 Å². The molecule has 0 radical (unpaired) electrons. The fourth-order valence-corrected chi connectivity index (χ4v) is 2.81. The monoisotopic (exact) mass is 224 g/mol. The van der Waals surface area contributed by atoms with Crippen molar-refractivity contribution >= 4 is 5.91 Å². The van der Waals surface area contributed by atoms with Crippen LogP contribution in [-0.4, -0.2) is 29.9 Å². The second-order valence-electron chi connectivity index (χ2n) is 5.30. The van der Waals surface area contributed by atoms with E-state index in [-0.39, 0.29) is 0 Å². The first-order valence-corrected chi connectivity index (χ1v) is 6.81. The molecule has 1 amide bonds. The molecular formula is C13H24N2O. The number of carbonyl (C=O) groups excluding carboxylic acids is 1. The van der Waals surface area contributed by atoms with E-state index >= 15 is 0 Å². The molecule has 2 saturated carbocycles. The lowest BCUT2D eigenvalue weighted by Gasteiger charge is -2.22. The maximum Gasteiger partial charge on any atom is 0.222 e. The average Bonchev–Trinajstić information content (AvgIpc) is 2.99. The van der Waals surface area contributed by atoms with Crippen molar-refractivity contribution in [2.75, 3.05) is 13.1 Å².